The van der Waals surface area contributed by atoms with Crippen LogP contribution in [0.25, 0.3) is 12.2 Å². The van der Waals surface area contributed by atoms with E-state index in [-0.39, 0.29) is 17.5 Å². The zero-order chi connectivity index (χ0) is 24.1. The molecule has 3 aromatic rings. The summed E-state index contributed by atoms with van der Waals surface area (Å²) >= 11 is 0. The second kappa shape index (κ2) is 8.53. The third-order valence-electron chi connectivity index (χ3n) is 8.29. The molecule has 0 amide bonds. The van der Waals surface area contributed by atoms with Crippen molar-refractivity contribution in [3.63, 3.8) is 0 Å². The summed E-state index contributed by atoms with van der Waals surface area (Å²) in [5, 5.41) is 24.3. The smallest absolute Gasteiger partial charge is 0.336 e. The lowest BCUT2D eigenvalue weighted by atomic mass is 9.71. The highest BCUT2D eigenvalue weighted by molar-refractivity contribution is 5.96. The molecule has 3 aromatic carbocycles. The molecule has 0 aromatic heterocycles. The number of aromatic carboxylic acids is 2. The molecule has 0 bridgehead atoms. The van der Waals surface area contributed by atoms with E-state index in [2.05, 4.69) is 36.4 Å². The van der Waals surface area contributed by atoms with Gasteiger partial charge in [-0.2, -0.15) is 0 Å². The van der Waals surface area contributed by atoms with Crippen molar-refractivity contribution in [2.24, 2.45) is 11.8 Å². The fourth-order valence-electron chi connectivity index (χ4n) is 6.24. The number of carboxylic acids is 2. The Hall–Kier alpha value is -3.66. The maximum atomic E-state index is 11.8. The number of carbonyl (C=O) groups is 2. The molecule has 1 saturated carbocycles. The van der Waals surface area contributed by atoms with E-state index in [9.17, 15) is 19.8 Å². The molecule has 0 aliphatic heterocycles. The third kappa shape index (κ3) is 3.78. The highest BCUT2D eigenvalue weighted by Crippen LogP contribution is 2.38. The molecule has 3 aliphatic carbocycles. The number of hydrogen-bond acceptors (Lipinski definition) is 2. The van der Waals surface area contributed by atoms with Gasteiger partial charge in [0.1, 0.15) is 0 Å². The summed E-state index contributed by atoms with van der Waals surface area (Å²) in [4.78, 5) is 23.5. The van der Waals surface area contributed by atoms with E-state index in [4.69, 9.17) is 0 Å². The Bertz CT molecular complexity index is 1560. The van der Waals surface area contributed by atoms with Crippen LogP contribution in [0.15, 0.2) is 48.5 Å². The molecule has 0 spiro atoms. The fourth-order valence-corrected chi connectivity index (χ4v) is 6.24. The molecular weight excluding hydrogens is 436 g/mol. The van der Waals surface area contributed by atoms with E-state index >= 15 is 0 Å². The first-order valence-corrected chi connectivity index (χ1v) is 12.5. The second-order valence-corrected chi connectivity index (χ2v) is 10.2. The molecule has 3 aliphatic rings. The van der Waals surface area contributed by atoms with Crippen LogP contribution >= 0.6 is 0 Å². The van der Waals surface area contributed by atoms with Crippen LogP contribution in [0, 0.1) is 22.3 Å². The Kier molecular flexibility index (Phi) is 5.32. The van der Waals surface area contributed by atoms with E-state index in [0.717, 1.165) is 35.5 Å². The van der Waals surface area contributed by atoms with Crippen LogP contribution in [-0.4, -0.2) is 22.2 Å². The van der Waals surface area contributed by atoms with Crippen LogP contribution in [0.3, 0.4) is 0 Å². The molecule has 0 heterocycles. The molecule has 1 fully saturated rings. The Morgan fingerprint density at radius 1 is 0.829 bits per heavy atom. The molecule has 6 rings (SSSR count). The maximum absolute atomic E-state index is 11.8. The topological polar surface area (TPSA) is 74.6 Å². The minimum absolute atomic E-state index is 0.0417. The van der Waals surface area contributed by atoms with Crippen molar-refractivity contribution in [1.29, 1.82) is 0 Å². The highest BCUT2D eigenvalue weighted by Gasteiger charge is 2.28. The van der Waals surface area contributed by atoms with Gasteiger partial charge in [-0.3, -0.25) is 0 Å². The lowest BCUT2D eigenvalue weighted by Gasteiger charge is -2.34. The quantitative estimate of drug-likeness (QED) is 0.586. The van der Waals surface area contributed by atoms with Crippen molar-refractivity contribution in [2.75, 3.05) is 0 Å². The number of hydrogen-bond donors (Lipinski definition) is 2. The predicted molar refractivity (Wildman–Crippen MR) is 135 cm³/mol. The van der Waals surface area contributed by atoms with Crippen molar-refractivity contribution in [2.45, 2.75) is 44.9 Å². The fraction of sp³-hybridized carbons (Fsp3) is 0.290. The Morgan fingerprint density at radius 2 is 1.57 bits per heavy atom. The highest BCUT2D eigenvalue weighted by atomic mass is 16.4. The van der Waals surface area contributed by atoms with Gasteiger partial charge in [-0.15, -0.1) is 0 Å². The van der Waals surface area contributed by atoms with Crippen LogP contribution in [-0.2, 0) is 19.3 Å². The lowest BCUT2D eigenvalue weighted by molar-refractivity contribution is 0.0696. The summed E-state index contributed by atoms with van der Waals surface area (Å²) in [5.41, 5.74) is 4.28. The minimum atomic E-state index is -1.11. The average Bonchev–Trinajstić information content (AvgIpc) is 2.82. The summed E-state index contributed by atoms with van der Waals surface area (Å²) < 4.78 is 0. The molecule has 1 unspecified atom stereocenters. The summed E-state index contributed by atoms with van der Waals surface area (Å²) in [7, 11) is 0. The van der Waals surface area contributed by atoms with Crippen LogP contribution in [0.5, 0.6) is 0 Å². The van der Waals surface area contributed by atoms with E-state index in [1.165, 1.54) is 70.7 Å². The number of rotatable bonds is 5. The Morgan fingerprint density at radius 3 is 2.26 bits per heavy atom. The lowest BCUT2D eigenvalue weighted by Crippen LogP contribution is -2.29. The van der Waals surface area contributed by atoms with Crippen molar-refractivity contribution in [3.05, 3.63) is 103 Å². The number of fused-ring (bicyclic) bond motifs is 4. The number of benzene rings is 3. The first-order valence-electron chi connectivity index (χ1n) is 12.5. The first kappa shape index (κ1) is 21.8. The molecule has 0 radical (unpaired) electrons. The molecule has 35 heavy (non-hydrogen) atoms. The third-order valence-corrected chi connectivity index (χ3v) is 8.29. The van der Waals surface area contributed by atoms with Gasteiger partial charge < -0.3 is 10.2 Å². The van der Waals surface area contributed by atoms with E-state index < -0.39 is 11.9 Å². The van der Waals surface area contributed by atoms with E-state index in [0.29, 0.717) is 5.56 Å². The van der Waals surface area contributed by atoms with Gasteiger partial charge in [0.05, 0.1) is 11.1 Å². The van der Waals surface area contributed by atoms with Crippen molar-refractivity contribution >= 4 is 24.1 Å². The van der Waals surface area contributed by atoms with Gasteiger partial charge in [0.2, 0.25) is 0 Å². The van der Waals surface area contributed by atoms with Gasteiger partial charge in [0.25, 0.3) is 0 Å². The maximum Gasteiger partial charge on any atom is 0.336 e. The van der Waals surface area contributed by atoms with Crippen LogP contribution in [0.1, 0.15) is 68.7 Å². The van der Waals surface area contributed by atoms with Crippen LogP contribution in [0.4, 0.5) is 0 Å². The van der Waals surface area contributed by atoms with Gasteiger partial charge in [-0.05, 0) is 106 Å². The van der Waals surface area contributed by atoms with Gasteiger partial charge in [0.15, 0.2) is 0 Å². The van der Waals surface area contributed by atoms with Crippen LogP contribution in [0.2, 0.25) is 0 Å². The zero-order valence-corrected chi connectivity index (χ0v) is 19.6. The Balaban J connectivity index is 1.43. The largest absolute Gasteiger partial charge is 0.478 e. The first-order chi connectivity index (χ1) is 17.0. The standard InChI is InChI=1S/C31H28O4/c32-30(33)27-5-2-6-28(31(34)35)29(27)16-18-7-11-23-21(15-18)9-13-26-24-12-8-20(19-3-1-4-19)17-22(24)10-14-25(23)26/h2,5-7,9-11,14-15,17,19-20H,1,3-4,8,12-13,16H2,(H,32,33)(H,34,35). The van der Waals surface area contributed by atoms with E-state index in [1.54, 1.807) is 0 Å². The molecule has 176 valence electrons. The zero-order valence-electron chi connectivity index (χ0n) is 19.6. The second-order valence-electron chi connectivity index (χ2n) is 10.2. The normalized spacial score (nSPS) is 18.2. The molecule has 4 heteroatoms. The molecule has 1 atom stereocenters. The molecule has 4 nitrogen and oxygen atoms in total. The summed E-state index contributed by atoms with van der Waals surface area (Å²) in [6.07, 6.45) is 12.5. The SMILES string of the molecule is O=C(O)c1cccc(C(=O)O)c1Cc1ccc2c(c1)=CCc1c3c(ccc1=2)=CC(C1CCC1)CC3. The average molecular weight is 465 g/mol. The number of carboxylic acid groups (broad SMARTS) is 2. The summed E-state index contributed by atoms with van der Waals surface area (Å²) in [6.45, 7) is 0. The van der Waals surface area contributed by atoms with Gasteiger partial charge in [-0.1, -0.05) is 55.0 Å². The predicted octanol–water partition coefficient (Wildman–Crippen LogP) is 4.44. The Labute approximate surface area is 203 Å². The van der Waals surface area contributed by atoms with Crippen molar-refractivity contribution < 1.29 is 19.8 Å². The summed E-state index contributed by atoms with van der Waals surface area (Å²) in [6, 6.07) is 15.2. The molecule has 0 saturated heterocycles. The molecular formula is C31H28O4. The minimum Gasteiger partial charge on any atom is -0.478 e. The van der Waals surface area contributed by atoms with Gasteiger partial charge >= 0.3 is 11.9 Å². The summed E-state index contributed by atoms with van der Waals surface area (Å²) in [5.74, 6) is -0.593. The van der Waals surface area contributed by atoms with Gasteiger partial charge in [0, 0.05) is 0 Å². The van der Waals surface area contributed by atoms with Crippen molar-refractivity contribution in [3.8, 4) is 0 Å². The van der Waals surface area contributed by atoms with Gasteiger partial charge in [-0.25, -0.2) is 9.59 Å². The van der Waals surface area contributed by atoms with Crippen LogP contribution < -0.4 is 10.4 Å². The monoisotopic (exact) mass is 464 g/mol. The van der Waals surface area contributed by atoms with Crippen molar-refractivity contribution in [1.82, 2.24) is 0 Å². The van der Waals surface area contributed by atoms with E-state index in [1.807, 2.05) is 6.07 Å². The molecule has 2 N–H and O–H groups in total.